The molecule has 5 nitrogen and oxygen atoms in total. The maximum Gasteiger partial charge on any atom is 0.105 e. The van der Waals surface area contributed by atoms with E-state index in [2.05, 4.69) is 31.1 Å². The highest BCUT2D eigenvalue weighted by Crippen LogP contribution is 2.18. The van der Waals surface area contributed by atoms with E-state index < -0.39 is 5.60 Å². The topological polar surface area (TPSA) is 61.3 Å². The van der Waals surface area contributed by atoms with E-state index in [1.165, 1.54) is 17.3 Å². The summed E-state index contributed by atoms with van der Waals surface area (Å²) in [4.78, 5) is 2.16. The molecule has 1 aliphatic rings. The van der Waals surface area contributed by atoms with Gasteiger partial charge in [-0.15, -0.1) is 0 Å². The Kier molecular flexibility index (Phi) is 3.49. The molecule has 3 rings (SSSR count). The lowest BCUT2D eigenvalue weighted by molar-refractivity contribution is 0.0264. The molecule has 0 amide bonds. The Morgan fingerprint density at radius 2 is 2.26 bits per heavy atom. The summed E-state index contributed by atoms with van der Waals surface area (Å²) in [6, 6.07) is 6.16. The number of β-amino-alcohol motifs (C(OH)–C–C–N with tert-alkyl or cyclic N) is 1. The summed E-state index contributed by atoms with van der Waals surface area (Å²) < 4.78 is 8.46. The van der Waals surface area contributed by atoms with Gasteiger partial charge in [0.25, 0.3) is 0 Å². The van der Waals surface area contributed by atoms with Gasteiger partial charge in [0.2, 0.25) is 0 Å². The molecule has 1 aliphatic heterocycles. The molecule has 1 atom stereocenters. The zero-order valence-electron chi connectivity index (χ0n) is 11.0. The molecule has 0 bridgehead atoms. The molecule has 1 aromatic heterocycles. The van der Waals surface area contributed by atoms with E-state index in [1.54, 1.807) is 0 Å². The largest absolute Gasteiger partial charge is 0.387 e. The molecule has 19 heavy (non-hydrogen) atoms. The van der Waals surface area contributed by atoms with Gasteiger partial charge in [0, 0.05) is 19.6 Å². The van der Waals surface area contributed by atoms with Gasteiger partial charge in [0.15, 0.2) is 0 Å². The van der Waals surface area contributed by atoms with Crippen molar-refractivity contribution in [1.82, 2.24) is 19.0 Å². The third kappa shape index (κ3) is 2.92. The standard InChI is InChI=1S/C13H18N4OS/c1-17(9-13(18)4-5-14-8-13)7-10-2-3-11-12(6-10)16-19-15-11/h2-3,6,14,18H,4-5,7-9H2,1H3/t13-/m0/s1. The molecule has 2 heterocycles. The predicted molar refractivity (Wildman–Crippen MR) is 76.2 cm³/mol. The van der Waals surface area contributed by atoms with Crippen LogP contribution in [0.5, 0.6) is 0 Å². The zero-order valence-corrected chi connectivity index (χ0v) is 11.8. The SMILES string of the molecule is CN(Cc1ccc2nsnc2c1)C[C@]1(O)CCNC1. The third-order valence-corrected chi connectivity index (χ3v) is 4.11. The Morgan fingerprint density at radius 1 is 1.42 bits per heavy atom. The van der Waals surface area contributed by atoms with Crippen LogP contribution in [-0.2, 0) is 6.54 Å². The van der Waals surface area contributed by atoms with Gasteiger partial charge in [0.05, 0.1) is 17.3 Å². The number of nitrogens with zero attached hydrogens (tertiary/aromatic N) is 3. The number of benzene rings is 1. The number of hydrogen-bond donors (Lipinski definition) is 2. The van der Waals surface area contributed by atoms with Crippen LogP contribution in [0, 0.1) is 0 Å². The summed E-state index contributed by atoms with van der Waals surface area (Å²) in [5.74, 6) is 0. The second-order valence-electron chi connectivity index (χ2n) is 5.41. The van der Waals surface area contributed by atoms with Gasteiger partial charge in [-0.05, 0) is 37.7 Å². The van der Waals surface area contributed by atoms with Gasteiger partial charge in [-0.2, -0.15) is 8.75 Å². The van der Waals surface area contributed by atoms with E-state index in [4.69, 9.17) is 0 Å². The lowest BCUT2D eigenvalue weighted by Gasteiger charge is -2.28. The van der Waals surface area contributed by atoms with Crippen molar-refractivity contribution in [3.05, 3.63) is 23.8 Å². The Balaban J connectivity index is 1.66. The number of aromatic nitrogens is 2. The molecule has 0 unspecified atom stereocenters. The third-order valence-electron chi connectivity index (χ3n) is 3.56. The lowest BCUT2D eigenvalue weighted by atomic mass is 10.0. The van der Waals surface area contributed by atoms with Crippen LogP contribution in [0.1, 0.15) is 12.0 Å². The smallest absolute Gasteiger partial charge is 0.105 e. The Morgan fingerprint density at radius 3 is 3.05 bits per heavy atom. The maximum atomic E-state index is 10.4. The highest BCUT2D eigenvalue weighted by Gasteiger charge is 2.31. The molecular formula is C13H18N4OS. The molecule has 1 fully saturated rings. The van der Waals surface area contributed by atoms with Gasteiger partial charge < -0.3 is 10.4 Å². The van der Waals surface area contributed by atoms with E-state index in [9.17, 15) is 5.11 Å². The minimum atomic E-state index is -0.582. The highest BCUT2D eigenvalue weighted by atomic mass is 32.1. The van der Waals surface area contributed by atoms with Gasteiger partial charge >= 0.3 is 0 Å². The number of likely N-dealkylation sites (N-methyl/N-ethyl adjacent to an activating group) is 1. The first kappa shape index (κ1) is 12.9. The first-order valence-corrected chi connectivity index (χ1v) is 7.21. The first-order chi connectivity index (χ1) is 9.15. The quantitative estimate of drug-likeness (QED) is 0.868. The van der Waals surface area contributed by atoms with Crippen molar-refractivity contribution in [2.75, 3.05) is 26.7 Å². The zero-order chi connectivity index (χ0) is 13.3. The van der Waals surface area contributed by atoms with E-state index in [-0.39, 0.29) is 0 Å². The van der Waals surface area contributed by atoms with Crippen molar-refractivity contribution in [3.8, 4) is 0 Å². The van der Waals surface area contributed by atoms with Crippen molar-refractivity contribution in [2.45, 2.75) is 18.6 Å². The number of rotatable bonds is 4. The molecular weight excluding hydrogens is 260 g/mol. The van der Waals surface area contributed by atoms with E-state index in [0.29, 0.717) is 13.1 Å². The molecule has 0 radical (unpaired) electrons. The molecule has 1 saturated heterocycles. The summed E-state index contributed by atoms with van der Waals surface area (Å²) in [5.41, 5.74) is 2.53. The summed E-state index contributed by atoms with van der Waals surface area (Å²) in [7, 11) is 2.04. The molecule has 6 heteroatoms. The predicted octanol–water partition coefficient (Wildman–Crippen LogP) is 0.848. The van der Waals surface area contributed by atoms with Gasteiger partial charge in [-0.1, -0.05) is 6.07 Å². The van der Waals surface area contributed by atoms with Crippen molar-refractivity contribution in [1.29, 1.82) is 0 Å². The van der Waals surface area contributed by atoms with Gasteiger partial charge in [-0.3, -0.25) is 4.90 Å². The van der Waals surface area contributed by atoms with Gasteiger partial charge in [-0.25, -0.2) is 0 Å². The number of aliphatic hydroxyl groups is 1. The normalized spacial score (nSPS) is 23.5. The second kappa shape index (κ2) is 5.13. The fourth-order valence-electron chi connectivity index (χ4n) is 2.66. The van der Waals surface area contributed by atoms with Crippen LogP contribution in [0.4, 0.5) is 0 Å². The lowest BCUT2D eigenvalue weighted by Crippen LogP contribution is -2.42. The molecule has 0 saturated carbocycles. The first-order valence-electron chi connectivity index (χ1n) is 6.47. The summed E-state index contributed by atoms with van der Waals surface area (Å²) in [6.45, 7) is 3.09. The van der Waals surface area contributed by atoms with Gasteiger partial charge in [0.1, 0.15) is 11.0 Å². The molecule has 0 aliphatic carbocycles. The minimum Gasteiger partial charge on any atom is -0.387 e. The highest BCUT2D eigenvalue weighted by molar-refractivity contribution is 7.00. The number of fused-ring (bicyclic) bond motifs is 1. The number of nitrogens with one attached hydrogen (secondary N) is 1. The van der Waals surface area contributed by atoms with Crippen LogP contribution in [0.15, 0.2) is 18.2 Å². The van der Waals surface area contributed by atoms with Crippen LogP contribution in [0.2, 0.25) is 0 Å². The van der Waals surface area contributed by atoms with Crippen molar-refractivity contribution >= 4 is 22.8 Å². The number of hydrogen-bond acceptors (Lipinski definition) is 6. The molecule has 1 aromatic carbocycles. The monoisotopic (exact) mass is 278 g/mol. The maximum absolute atomic E-state index is 10.4. The van der Waals surface area contributed by atoms with E-state index in [1.807, 2.05) is 13.1 Å². The Labute approximate surface area is 116 Å². The average molecular weight is 278 g/mol. The van der Waals surface area contributed by atoms with Crippen LogP contribution in [0.25, 0.3) is 11.0 Å². The van der Waals surface area contributed by atoms with Crippen LogP contribution >= 0.6 is 11.7 Å². The Bertz CT molecular complexity index is 565. The fraction of sp³-hybridized carbons (Fsp3) is 0.538. The molecule has 2 N–H and O–H groups in total. The summed E-state index contributed by atoms with van der Waals surface area (Å²) in [6.07, 6.45) is 0.826. The van der Waals surface area contributed by atoms with E-state index in [0.717, 1.165) is 30.5 Å². The fourth-order valence-corrected chi connectivity index (χ4v) is 3.18. The van der Waals surface area contributed by atoms with E-state index >= 15 is 0 Å². The molecule has 102 valence electrons. The van der Waals surface area contributed by atoms with Crippen molar-refractivity contribution < 1.29 is 5.11 Å². The average Bonchev–Trinajstić information content (AvgIpc) is 2.97. The molecule has 2 aromatic rings. The van der Waals surface area contributed by atoms with Crippen LogP contribution < -0.4 is 5.32 Å². The summed E-state index contributed by atoms with van der Waals surface area (Å²) >= 11 is 1.24. The molecule has 0 spiro atoms. The van der Waals surface area contributed by atoms with Crippen molar-refractivity contribution in [2.24, 2.45) is 0 Å². The van der Waals surface area contributed by atoms with Crippen LogP contribution in [0.3, 0.4) is 0 Å². The minimum absolute atomic E-state index is 0.582. The van der Waals surface area contributed by atoms with Crippen molar-refractivity contribution in [3.63, 3.8) is 0 Å². The van der Waals surface area contributed by atoms with Crippen LogP contribution in [-0.4, -0.2) is 51.0 Å². The second-order valence-corrected chi connectivity index (χ2v) is 5.94. The summed E-state index contributed by atoms with van der Waals surface area (Å²) in [5, 5.41) is 13.6. The Hall–Kier alpha value is -1.08.